The fraction of sp³-hybridized carbons (Fsp3) is 0.692. The Hall–Kier alpha value is -1.17. The highest BCUT2D eigenvalue weighted by molar-refractivity contribution is 5.30. The van der Waals surface area contributed by atoms with E-state index >= 15 is 0 Å². The molecule has 1 N–H and O–H groups in total. The number of nitrogens with one attached hydrogen (secondary N) is 1. The Balaban J connectivity index is 2.48. The SMILES string of the molecule is CC(C)(C)Cc1nc2c(c(C(F)(F)F)n1)CNCC2. The van der Waals surface area contributed by atoms with Crippen LogP contribution < -0.4 is 5.32 Å². The highest BCUT2D eigenvalue weighted by atomic mass is 19.4. The molecule has 3 nitrogen and oxygen atoms in total. The maximum Gasteiger partial charge on any atom is 0.433 e. The van der Waals surface area contributed by atoms with Crippen molar-refractivity contribution in [3.05, 3.63) is 22.8 Å². The van der Waals surface area contributed by atoms with Crippen LogP contribution in [0.4, 0.5) is 13.2 Å². The second-order valence-corrected chi connectivity index (χ2v) is 6.08. The van der Waals surface area contributed by atoms with Crippen molar-refractivity contribution in [2.24, 2.45) is 5.41 Å². The fourth-order valence-corrected chi connectivity index (χ4v) is 2.18. The first kappa shape index (κ1) is 14.2. The maximum absolute atomic E-state index is 13.1. The van der Waals surface area contributed by atoms with Crippen molar-refractivity contribution in [3.63, 3.8) is 0 Å². The molecule has 2 heterocycles. The van der Waals surface area contributed by atoms with E-state index in [1.54, 1.807) is 0 Å². The lowest BCUT2D eigenvalue weighted by molar-refractivity contribution is -0.142. The van der Waals surface area contributed by atoms with Crippen molar-refractivity contribution in [1.29, 1.82) is 0 Å². The number of hydrogen-bond acceptors (Lipinski definition) is 3. The third kappa shape index (κ3) is 3.43. The third-order valence-electron chi connectivity index (χ3n) is 2.94. The molecular weight excluding hydrogens is 255 g/mol. The van der Waals surface area contributed by atoms with E-state index in [0.717, 1.165) is 0 Å². The van der Waals surface area contributed by atoms with Crippen LogP contribution in [0.1, 0.15) is 43.5 Å². The lowest BCUT2D eigenvalue weighted by atomic mass is 9.91. The van der Waals surface area contributed by atoms with E-state index in [-0.39, 0.29) is 17.5 Å². The van der Waals surface area contributed by atoms with E-state index in [4.69, 9.17) is 0 Å². The molecule has 1 aromatic rings. The van der Waals surface area contributed by atoms with Crippen LogP contribution in [0.25, 0.3) is 0 Å². The summed E-state index contributed by atoms with van der Waals surface area (Å²) in [5.41, 5.74) is -0.162. The molecule has 1 aromatic heterocycles. The Bertz CT molecular complexity index is 475. The van der Waals surface area contributed by atoms with Crippen LogP contribution in [0.3, 0.4) is 0 Å². The summed E-state index contributed by atoms with van der Waals surface area (Å²) >= 11 is 0. The lowest BCUT2D eigenvalue weighted by Gasteiger charge is -2.23. The van der Waals surface area contributed by atoms with E-state index in [1.807, 2.05) is 20.8 Å². The van der Waals surface area contributed by atoms with Crippen LogP contribution in [0.5, 0.6) is 0 Å². The minimum atomic E-state index is -4.42. The zero-order chi connectivity index (χ0) is 14.3. The summed E-state index contributed by atoms with van der Waals surface area (Å²) in [6, 6.07) is 0. The quantitative estimate of drug-likeness (QED) is 0.855. The minimum Gasteiger partial charge on any atom is -0.312 e. The molecule has 0 spiro atoms. The van der Waals surface area contributed by atoms with Gasteiger partial charge in [-0.15, -0.1) is 0 Å². The Labute approximate surface area is 110 Å². The van der Waals surface area contributed by atoms with Crippen LogP contribution >= 0.6 is 0 Å². The van der Waals surface area contributed by atoms with Gasteiger partial charge in [-0.2, -0.15) is 13.2 Å². The molecule has 0 fully saturated rings. The predicted octanol–water partition coefficient (Wildman–Crippen LogP) is 2.73. The summed E-state index contributed by atoms with van der Waals surface area (Å²) in [4.78, 5) is 8.09. The second-order valence-electron chi connectivity index (χ2n) is 6.08. The monoisotopic (exact) mass is 273 g/mol. The zero-order valence-corrected chi connectivity index (χ0v) is 11.4. The van der Waals surface area contributed by atoms with Gasteiger partial charge < -0.3 is 5.32 Å². The molecule has 0 aromatic carbocycles. The first-order valence-electron chi connectivity index (χ1n) is 6.33. The van der Waals surface area contributed by atoms with Crippen LogP contribution in [-0.4, -0.2) is 16.5 Å². The van der Waals surface area contributed by atoms with Gasteiger partial charge in [0.05, 0.1) is 5.69 Å². The molecule has 2 rings (SSSR count). The summed E-state index contributed by atoms with van der Waals surface area (Å²) in [7, 11) is 0. The first-order valence-corrected chi connectivity index (χ1v) is 6.33. The van der Waals surface area contributed by atoms with Crippen LogP contribution in [0.15, 0.2) is 0 Å². The summed E-state index contributed by atoms with van der Waals surface area (Å²) in [6.45, 7) is 6.75. The molecular formula is C13H18F3N3. The molecule has 19 heavy (non-hydrogen) atoms. The predicted molar refractivity (Wildman–Crippen MR) is 65.6 cm³/mol. The van der Waals surface area contributed by atoms with Crippen molar-refractivity contribution < 1.29 is 13.2 Å². The molecule has 0 radical (unpaired) electrons. The normalized spacial score (nSPS) is 16.3. The molecule has 0 saturated carbocycles. The molecule has 0 unspecified atom stereocenters. The van der Waals surface area contributed by atoms with Crippen molar-refractivity contribution in [2.45, 2.75) is 46.3 Å². The van der Waals surface area contributed by atoms with Crippen LogP contribution in [0, 0.1) is 5.41 Å². The summed E-state index contributed by atoms with van der Waals surface area (Å²) in [6.07, 6.45) is -3.45. The van der Waals surface area contributed by atoms with Gasteiger partial charge in [-0.05, 0) is 5.41 Å². The number of nitrogens with zero attached hydrogens (tertiary/aromatic N) is 2. The van der Waals surface area contributed by atoms with Gasteiger partial charge in [-0.25, -0.2) is 9.97 Å². The molecule has 0 saturated heterocycles. The smallest absolute Gasteiger partial charge is 0.312 e. The van der Waals surface area contributed by atoms with Gasteiger partial charge in [-0.3, -0.25) is 0 Å². The Morgan fingerprint density at radius 3 is 2.42 bits per heavy atom. The Morgan fingerprint density at radius 1 is 1.16 bits per heavy atom. The molecule has 1 aliphatic rings. The maximum atomic E-state index is 13.1. The van der Waals surface area contributed by atoms with Crippen molar-refractivity contribution in [2.75, 3.05) is 6.54 Å². The van der Waals surface area contributed by atoms with Crippen LogP contribution in [0.2, 0.25) is 0 Å². The Morgan fingerprint density at radius 2 is 1.84 bits per heavy atom. The van der Waals surface area contributed by atoms with Crippen molar-refractivity contribution in [1.82, 2.24) is 15.3 Å². The summed E-state index contributed by atoms with van der Waals surface area (Å²) in [5.74, 6) is 0.292. The largest absolute Gasteiger partial charge is 0.433 e. The van der Waals surface area contributed by atoms with Gasteiger partial charge in [0.15, 0.2) is 5.69 Å². The van der Waals surface area contributed by atoms with Gasteiger partial charge in [0.25, 0.3) is 0 Å². The first-order chi connectivity index (χ1) is 8.67. The molecule has 106 valence electrons. The van der Waals surface area contributed by atoms with E-state index in [0.29, 0.717) is 30.9 Å². The summed E-state index contributed by atoms with van der Waals surface area (Å²) < 4.78 is 39.2. The van der Waals surface area contributed by atoms with E-state index in [2.05, 4.69) is 15.3 Å². The number of aromatic nitrogens is 2. The minimum absolute atomic E-state index is 0.135. The van der Waals surface area contributed by atoms with E-state index in [1.165, 1.54) is 0 Å². The highest BCUT2D eigenvalue weighted by Crippen LogP contribution is 2.33. The van der Waals surface area contributed by atoms with Crippen LogP contribution in [-0.2, 0) is 25.6 Å². The van der Waals surface area contributed by atoms with Gasteiger partial charge >= 0.3 is 6.18 Å². The standard InChI is InChI=1S/C13H18F3N3/c1-12(2,3)6-10-18-9-4-5-17-7-8(9)11(19-10)13(14,15)16/h17H,4-7H2,1-3H3. The van der Waals surface area contributed by atoms with Gasteiger partial charge in [-0.1, -0.05) is 20.8 Å². The van der Waals surface area contributed by atoms with Crippen molar-refractivity contribution >= 4 is 0 Å². The average molecular weight is 273 g/mol. The van der Waals surface area contributed by atoms with Gasteiger partial charge in [0, 0.05) is 31.5 Å². The number of fused-ring (bicyclic) bond motifs is 1. The lowest BCUT2D eigenvalue weighted by Crippen LogP contribution is -2.30. The highest BCUT2D eigenvalue weighted by Gasteiger charge is 2.38. The summed E-state index contributed by atoms with van der Waals surface area (Å²) in [5, 5.41) is 2.94. The topological polar surface area (TPSA) is 37.8 Å². The molecule has 0 aliphatic carbocycles. The van der Waals surface area contributed by atoms with Gasteiger partial charge in [0.1, 0.15) is 5.82 Å². The Kier molecular flexibility index (Phi) is 3.55. The molecule has 0 bridgehead atoms. The third-order valence-corrected chi connectivity index (χ3v) is 2.94. The fourth-order valence-electron chi connectivity index (χ4n) is 2.18. The zero-order valence-electron chi connectivity index (χ0n) is 11.4. The van der Waals surface area contributed by atoms with Gasteiger partial charge in [0.2, 0.25) is 0 Å². The van der Waals surface area contributed by atoms with E-state index in [9.17, 15) is 13.2 Å². The molecule has 0 amide bonds. The molecule has 6 heteroatoms. The molecule has 0 atom stereocenters. The van der Waals surface area contributed by atoms with Crippen molar-refractivity contribution in [3.8, 4) is 0 Å². The number of rotatable bonds is 1. The second kappa shape index (κ2) is 4.74. The number of alkyl halides is 3. The van der Waals surface area contributed by atoms with E-state index < -0.39 is 11.9 Å². The number of halogens is 3. The molecule has 1 aliphatic heterocycles. The number of hydrogen-bond donors (Lipinski definition) is 1. The average Bonchev–Trinajstić information content (AvgIpc) is 2.24.